The van der Waals surface area contributed by atoms with E-state index in [-0.39, 0.29) is 43.8 Å². The fraction of sp³-hybridized carbons (Fsp3) is 0.474. The Labute approximate surface area is 287 Å². The van der Waals surface area contributed by atoms with Crippen LogP contribution in [0, 0.1) is 17.8 Å². The number of rotatable bonds is 16. The molecular weight excluding hydrogens is 626 g/mol. The van der Waals surface area contributed by atoms with Crippen LogP contribution in [0.2, 0.25) is 0 Å². The molecule has 7 atom stereocenters. The van der Waals surface area contributed by atoms with Gasteiger partial charge in [0.2, 0.25) is 11.8 Å². The van der Waals surface area contributed by atoms with Crippen LogP contribution in [0.1, 0.15) is 51.2 Å². The molecule has 0 unspecified atom stereocenters. The summed E-state index contributed by atoms with van der Waals surface area (Å²) < 4.78 is 18.1. The quantitative estimate of drug-likeness (QED) is 0.202. The summed E-state index contributed by atoms with van der Waals surface area (Å²) in [5.41, 5.74) is -0.0455. The number of esters is 1. The van der Waals surface area contributed by atoms with Crippen molar-refractivity contribution in [3.63, 3.8) is 0 Å². The van der Waals surface area contributed by atoms with Crippen LogP contribution in [0.5, 0.6) is 5.75 Å². The Morgan fingerprint density at radius 1 is 1.12 bits per heavy atom. The average molecular weight is 674 g/mol. The van der Waals surface area contributed by atoms with E-state index in [0.717, 1.165) is 0 Å². The van der Waals surface area contributed by atoms with Crippen molar-refractivity contribution in [3.8, 4) is 5.75 Å². The molecule has 49 heavy (non-hydrogen) atoms. The summed E-state index contributed by atoms with van der Waals surface area (Å²) in [5.74, 6) is -3.21. The number of aliphatic hydroxyl groups is 1. The number of fused-ring (bicyclic) bond motifs is 1. The zero-order chi connectivity index (χ0) is 35.3. The topological polar surface area (TPSA) is 135 Å². The number of carbonyl (C=O) groups excluding carboxylic acids is 4. The minimum atomic E-state index is -1.31. The van der Waals surface area contributed by atoms with Gasteiger partial charge in [-0.3, -0.25) is 19.2 Å². The van der Waals surface area contributed by atoms with Crippen LogP contribution >= 0.6 is 0 Å². The number of carbonyl (C=O) groups is 4. The number of likely N-dealkylation sites (tertiary alicyclic amines) is 1. The van der Waals surface area contributed by atoms with Gasteiger partial charge in [-0.25, -0.2) is 0 Å². The molecule has 11 nitrogen and oxygen atoms in total. The summed E-state index contributed by atoms with van der Waals surface area (Å²) in [6, 6.07) is 14.3. The van der Waals surface area contributed by atoms with E-state index < -0.39 is 53.6 Å². The van der Waals surface area contributed by atoms with Crippen LogP contribution in [0.4, 0.5) is 5.69 Å². The maximum Gasteiger partial charge on any atom is 0.313 e. The number of benzene rings is 2. The van der Waals surface area contributed by atoms with Gasteiger partial charge in [-0.1, -0.05) is 56.3 Å². The predicted molar refractivity (Wildman–Crippen MR) is 183 cm³/mol. The second-order valence-corrected chi connectivity index (χ2v) is 13.2. The molecule has 2 aromatic rings. The normalized spacial score (nSPS) is 25.0. The molecule has 0 aromatic heterocycles. The lowest BCUT2D eigenvalue weighted by atomic mass is 9.70. The van der Waals surface area contributed by atoms with Crippen LogP contribution in [0.25, 0.3) is 0 Å². The van der Waals surface area contributed by atoms with E-state index in [1.807, 2.05) is 44.2 Å². The lowest BCUT2D eigenvalue weighted by Crippen LogP contribution is -2.59. The summed E-state index contributed by atoms with van der Waals surface area (Å²) in [6.45, 7) is 11.1. The highest BCUT2D eigenvalue weighted by atomic mass is 16.6. The molecule has 2 bridgehead atoms. The van der Waals surface area contributed by atoms with Gasteiger partial charge in [0.15, 0.2) is 0 Å². The molecule has 11 heteroatoms. The fourth-order valence-electron chi connectivity index (χ4n) is 7.62. The van der Waals surface area contributed by atoms with E-state index in [2.05, 4.69) is 18.5 Å². The smallest absolute Gasteiger partial charge is 0.313 e. The summed E-state index contributed by atoms with van der Waals surface area (Å²) in [7, 11) is 1.56. The Morgan fingerprint density at radius 3 is 2.45 bits per heavy atom. The third kappa shape index (κ3) is 6.87. The third-order valence-electron chi connectivity index (χ3n) is 10.0. The Hall–Kier alpha value is -4.48. The summed E-state index contributed by atoms with van der Waals surface area (Å²) >= 11 is 0. The first-order valence-electron chi connectivity index (χ1n) is 16.9. The minimum absolute atomic E-state index is 0.0409. The van der Waals surface area contributed by atoms with Crippen molar-refractivity contribution in [3.05, 3.63) is 85.5 Å². The number of ether oxygens (including phenoxy) is 3. The van der Waals surface area contributed by atoms with Crippen molar-refractivity contribution < 1.29 is 38.5 Å². The van der Waals surface area contributed by atoms with Gasteiger partial charge in [-0.05, 0) is 55.0 Å². The Kier molecular flexibility index (Phi) is 11.2. The lowest BCUT2D eigenvalue weighted by Gasteiger charge is -2.40. The SMILES string of the molecule is C=CCCC(=O)NC[C@H](OC(=O)[C@@H]1[C@@H]2CC[C@]3(O2)[C@H](C(=O)N(CC=C)c2ccc(OC)cc2)N([C@@H](CO)C(C)C)C(=O)[C@@H]13)c1ccccc1. The van der Waals surface area contributed by atoms with Gasteiger partial charge in [-0.2, -0.15) is 0 Å². The number of anilines is 1. The maximum atomic E-state index is 14.8. The Bertz CT molecular complexity index is 1530. The molecule has 2 N–H and O–H groups in total. The second-order valence-electron chi connectivity index (χ2n) is 13.2. The molecule has 1 spiro atoms. The largest absolute Gasteiger partial charge is 0.497 e. The zero-order valence-electron chi connectivity index (χ0n) is 28.5. The molecule has 0 radical (unpaired) electrons. The maximum absolute atomic E-state index is 14.8. The summed E-state index contributed by atoms with van der Waals surface area (Å²) in [6.07, 6.45) is 3.41. The van der Waals surface area contributed by atoms with E-state index >= 15 is 0 Å². The standard InChI is InChI=1S/C38H47N3O8/c1-6-8-14-31(43)39-22-30(25-12-10-9-11-13-25)48-37(46)32-29-19-20-38(49-29)33(32)35(44)41(28(23-42)24(3)4)34(38)36(45)40(21-7-2)26-15-17-27(47-5)18-16-26/h6-7,9-13,15-18,24,28-30,32-34,42H,1-2,8,14,19-23H2,3-5H3,(H,39,43)/t28-,29-,30-,32+,33+,34-,38+/m0/s1. The van der Waals surface area contributed by atoms with Crippen molar-refractivity contribution >= 4 is 29.4 Å². The molecule has 262 valence electrons. The number of allylic oxidation sites excluding steroid dienone is 1. The van der Waals surface area contributed by atoms with E-state index in [4.69, 9.17) is 14.2 Å². The third-order valence-corrected chi connectivity index (χ3v) is 10.0. The number of methoxy groups -OCH3 is 1. The monoisotopic (exact) mass is 673 g/mol. The summed E-state index contributed by atoms with van der Waals surface area (Å²) in [5, 5.41) is 13.4. The molecule has 3 heterocycles. The van der Waals surface area contributed by atoms with E-state index in [1.165, 1.54) is 4.90 Å². The molecule has 5 rings (SSSR count). The number of nitrogens with zero attached hydrogens (tertiary/aromatic N) is 2. The molecule has 3 saturated heterocycles. The van der Waals surface area contributed by atoms with Crippen molar-refractivity contribution in [2.75, 3.05) is 31.7 Å². The highest BCUT2D eigenvalue weighted by Gasteiger charge is 2.76. The van der Waals surface area contributed by atoms with E-state index in [1.54, 1.807) is 48.4 Å². The lowest BCUT2D eigenvalue weighted by molar-refractivity contribution is -0.161. The molecule has 0 saturated carbocycles. The van der Waals surface area contributed by atoms with Crippen molar-refractivity contribution in [1.29, 1.82) is 0 Å². The van der Waals surface area contributed by atoms with Gasteiger partial charge in [0.25, 0.3) is 5.91 Å². The first-order valence-corrected chi connectivity index (χ1v) is 16.9. The van der Waals surface area contributed by atoms with Gasteiger partial charge in [0.1, 0.15) is 23.5 Å². The number of hydrogen-bond donors (Lipinski definition) is 2. The minimum Gasteiger partial charge on any atom is -0.497 e. The van der Waals surface area contributed by atoms with Crippen LogP contribution in [-0.4, -0.2) is 84.3 Å². The predicted octanol–water partition coefficient (Wildman–Crippen LogP) is 3.97. The van der Waals surface area contributed by atoms with E-state index in [0.29, 0.717) is 36.3 Å². The molecule has 3 amide bonds. The zero-order valence-corrected chi connectivity index (χ0v) is 28.5. The summed E-state index contributed by atoms with van der Waals surface area (Å²) in [4.78, 5) is 59.1. The fourth-order valence-corrected chi connectivity index (χ4v) is 7.62. The van der Waals surface area contributed by atoms with Crippen LogP contribution in [0.15, 0.2) is 79.9 Å². The molecule has 2 aromatic carbocycles. The number of amides is 3. The molecule has 3 fully saturated rings. The number of hydrogen-bond acceptors (Lipinski definition) is 8. The first kappa shape index (κ1) is 35.8. The van der Waals surface area contributed by atoms with Gasteiger partial charge in [-0.15, -0.1) is 13.2 Å². The van der Waals surface area contributed by atoms with Gasteiger partial charge in [0.05, 0.1) is 44.2 Å². The molecule has 0 aliphatic carbocycles. The highest BCUT2D eigenvalue weighted by molar-refractivity contribution is 6.05. The highest BCUT2D eigenvalue weighted by Crippen LogP contribution is 2.59. The Morgan fingerprint density at radius 2 is 1.84 bits per heavy atom. The van der Waals surface area contributed by atoms with E-state index in [9.17, 15) is 24.3 Å². The second kappa shape index (κ2) is 15.4. The average Bonchev–Trinajstić information content (AvgIpc) is 3.76. The Balaban J connectivity index is 1.49. The van der Waals surface area contributed by atoms with Crippen LogP contribution < -0.4 is 15.0 Å². The van der Waals surface area contributed by atoms with Crippen molar-refractivity contribution in [1.82, 2.24) is 10.2 Å². The first-order chi connectivity index (χ1) is 23.6. The van der Waals surface area contributed by atoms with Crippen LogP contribution in [0.3, 0.4) is 0 Å². The van der Waals surface area contributed by atoms with Gasteiger partial charge < -0.3 is 34.4 Å². The molecule has 3 aliphatic heterocycles. The molecular formula is C38H47N3O8. The molecule has 3 aliphatic rings. The van der Waals surface area contributed by atoms with Crippen molar-refractivity contribution in [2.24, 2.45) is 17.8 Å². The van der Waals surface area contributed by atoms with Crippen molar-refractivity contribution in [2.45, 2.75) is 69.4 Å². The van der Waals surface area contributed by atoms with Gasteiger partial charge >= 0.3 is 5.97 Å². The van der Waals surface area contributed by atoms with Gasteiger partial charge in [0, 0.05) is 18.7 Å². The van der Waals surface area contributed by atoms with Crippen LogP contribution in [-0.2, 0) is 28.7 Å². The number of nitrogens with one attached hydrogen (secondary N) is 1. The number of aliphatic hydroxyl groups excluding tert-OH is 1.